The Kier molecular flexibility index (Phi) is 7.09. The van der Waals surface area contributed by atoms with Crippen molar-refractivity contribution in [2.75, 3.05) is 18.4 Å². The number of anilines is 1. The molecule has 1 aliphatic rings. The van der Waals surface area contributed by atoms with Gasteiger partial charge in [0.2, 0.25) is 5.91 Å². The van der Waals surface area contributed by atoms with Gasteiger partial charge in [-0.05, 0) is 36.2 Å². The zero-order valence-electron chi connectivity index (χ0n) is 17.5. The van der Waals surface area contributed by atoms with Crippen LogP contribution < -0.4 is 5.32 Å². The number of halogens is 2. The molecule has 0 bridgehead atoms. The van der Waals surface area contributed by atoms with Crippen molar-refractivity contribution in [2.24, 2.45) is 0 Å². The highest BCUT2D eigenvalue weighted by atomic mass is 35.5. The third kappa shape index (κ3) is 5.18. The van der Waals surface area contributed by atoms with Crippen LogP contribution in [0.5, 0.6) is 0 Å². The normalized spacial score (nSPS) is 17.5. The Hall–Kier alpha value is -3.37. The van der Waals surface area contributed by atoms with E-state index in [9.17, 15) is 29.6 Å². The quantitative estimate of drug-likeness (QED) is 0.460. The van der Waals surface area contributed by atoms with Crippen LogP contribution in [0.1, 0.15) is 18.9 Å². The maximum absolute atomic E-state index is 13.5. The van der Waals surface area contributed by atoms with E-state index in [-0.39, 0.29) is 37.4 Å². The van der Waals surface area contributed by atoms with Crippen LogP contribution in [-0.4, -0.2) is 56.4 Å². The molecule has 1 aliphatic heterocycles. The van der Waals surface area contributed by atoms with Crippen molar-refractivity contribution < 1.29 is 24.4 Å². The maximum atomic E-state index is 13.5. The van der Waals surface area contributed by atoms with Crippen LogP contribution in [0.15, 0.2) is 42.5 Å². The number of nitrogens with one attached hydrogen (secondary N) is 1. The lowest BCUT2D eigenvalue weighted by Crippen LogP contribution is -2.60. The first-order valence-electron chi connectivity index (χ1n) is 9.79. The zero-order valence-corrected chi connectivity index (χ0v) is 19.0. The lowest BCUT2D eigenvalue weighted by atomic mass is 9.93. The number of non-ortho nitro benzene ring substituents is 1. The van der Waals surface area contributed by atoms with E-state index in [2.05, 4.69) is 5.32 Å². The molecular weight excluding hydrogens is 475 g/mol. The van der Waals surface area contributed by atoms with E-state index in [1.807, 2.05) is 0 Å². The van der Waals surface area contributed by atoms with Gasteiger partial charge in [0, 0.05) is 47.9 Å². The van der Waals surface area contributed by atoms with Crippen LogP contribution in [0.2, 0.25) is 10.0 Å². The van der Waals surface area contributed by atoms with Crippen LogP contribution in [0.25, 0.3) is 0 Å². The molecule has 2 aromatic carbocycles. The number of carbonyl (C=O) groups excluding carboxylic acids is 2. The van der Waals surface area contributed by atoms with Gasteiger partial charge in [-0.1, -0.05) is 29.3 Å². The number of rotatable bonds is 6. The molecule has 3 amide bonds. The molecule has 10 nitrogen and oxygen atoms in total. The molecule has 0 aromatic heterocycles. The summed E-state index contributed by atoms with van der Waals surface area (Å²) in [5.74, 6) is -1.06. The largest absolute Gasteiger partial charge is 0.465 e. The summed E-state index contributed by atoms with van der Waals surface area (Å²) < 4.78 is 0. The van der Waals surface area contributed by atoms with Crippen molar-refractivity contribution in [2.45, 2.75) is 25.4 Å². The average Bonchev–Trinajstić information content (AvgIpc) is 3.20. The van der Waals surface area contributed by atoms with E-state index in [0.29, 0.717) is 15.6 Å². The number of benzene rings is 2. The summed E-state index contributed by atoms with van der Waals surface area (Å²) in [4.78, 5) is 50.5. The second kappa shape index (κ2) is 9.63. The Morgan fingerprint density at radius 3 is 2.39 bits per heavy atom. The van der Waals surface area contributed by atoms with Crippen LogP contribution in [0.3, 0.4) is 0 Å². The van der Waals surface area contributed by atoms with Crippen molar-refractivity contribution in [3.63, 3.8) is 0 Å². The molecule has 1 saturated heterocycles. The van der Waals surface area contributed by atoms with Gasteiger partial charge >= 0.3 is 6.09 Å². The highest BCUT2D eigenvalue weighted by molar-refractivity contribution is 6.35. The number of nitrogens with zero attached hydrogens (tertiary/aromatic N) is 3. The first-order chi connectivity index (χ1) is 15.5. The molecule has 0 saturated carbocycles. The Bertz CT molecular complexity index is 1110. The summed E-state index contributed by atoms with van der Waals surface area (Å²) in [5, 5.41) is 23.7. The monoisotopic (exact) mass is 494 g/mol. The average molecular weight is 495 g/mol. The van der Waals surface area contributed by atoms with Crippen LogP contribution in [0, 0.1) is 10.1 Å². The maximum Gasteiger partial charge on any atom is 0.407 e. The summed E-state index contributed by atoms with van der Waals surface area (Å²) in [6.45, 7) is 1.04. The fourth-order valence-electron chi connectivity index (χ4n) is 3.78. The van der Waals surface area contributed by atoms with E-state index < -0.39 is 28.4 Å². The van der Waals surface area contributed by atoms with Crippen LogP contribution in [0.4, 0.5) is 16.2 Å². The second-order valence-corrected chi connectivity index (χ2v) is 8.43. The minimum atomic E-state index is -1.52. The topological polar surface area (TPSA) is 133 Å². The van der Waals surface area contributed by atoms with Crippen molar-refractivity contribution >= 4 is 52.5 Å². The van der Waals surface area contributed by atoms with Crippen LogP contribution >= 0.6 is 23.2 Å². The summed E-state index contributed by atoms with van der Waals surface area (Å²) in [7, 11) is 0. The van der Waals surface area contributed by atoms with E-state index in [1.165, 1.54) is 42.2 Å². The van der Waals surface area contributed by atoms with Crippen molar-refractivity contribution in [1.82, 2.24) is 9.80 Å². The minimum Gasteiger partial charge on any atom is -0.465 e. The van der Waals surface area contributed by atoms with Gasteiger partial charge in [-0.25, -0.2) is 4.79 Å². The number of hydrogen-bond acceptors (Lipinski definition) is 5. The Labute approximate surface area is 198 Å². The fraction of sp³-hybridized carbons (Fsp3) is 0.286. The van der Waals surface area contributed by atoms with Gasteiger partial charge in [0.15, 0.2) is 0 Å². The number of carbonyl (C=O) groups is 3. The number of amides is 3. The van der Waals surface area contributed by atoms with E-state index in [0.717, 1.165) is 4.90 Å². The molecule has 2 N–H and O–H groups in total. The predicted octanol–water partition coefficient (Wildman–Crippen LogP) is 4.01. The number of carboxylic acid groups (broad SMARTS) is 1. The van der Waals surface area contributed by atoms with Gasteiger partial charge in [-0.3, -0.25) is 19.7 Å². The third-order valence-electron chi connectivity index (χ3n) is 5.52. The Morgan fingerprint density at radius 1 is 1.21 bits per heavy atom. The molecule has 0 spiro atoms. The summed E-state index contributed by atoms with van der Waals surface area (Å²) in [5.41, 5.74) is -0.864. The van der Waals surface area contributed by atoms with Gasteiger partial charge in [-0.2, -0.15) is 0 Å². The Morgan fingerprint density at radius 2 is 1.88 bits per heavy atom. The molecule has 12 heteroatoms. The van der Waals surface area contributed by atoms with Crippen LogP contribution in [-0.2, 0) is 16.1 Å². The summed E-state index contributed by atoms with van der Waals surface area (Å²) >= 11 is 12.2. The van der Waals surface area contributed by atoms with E-state index >= 15 is 0 Å². The van der Waals surface area contributed by atoms with Gasteiger partial charge in [0.05, 0.1) is 11.5 Å². The van der Waals surface area contributed by atoms with Gasteiger partial charge < -0.3 is 20.2 Å². The molecule has 1 unspecified atom stereocenters. The molecule has 0 aliphatic carbocycles. The SMILES string of the molecule is CC(=O)N(Cc1ccc(Cl)cc1Cl)C1(C(=O)Nc2ccc([N+](=O)[O-])cc2)CCN(C(=O)O)C1. The molecule has 1 fully saturated rings. The molecule has 33 heavy (non-hydrogen) atoms. The zero-order chi connectivity index (χ0) is 24.3. The molecule has 2 aromatic rings. The lowest BCUT2D eigenvalue weighted by molar-refractivity contribution is -0.384. The lowest BCUT2D eigenvalue weighted by Gasteiger charge is -2.39. The smallest absolute Gasteiger partial charge is 0.407 e. The van der Waals surface area contributed by atoms with E-state index in [1.54, 1.807) is 12.1 Å². The number of nitro benzene ring substituents is 1. The molecule has 1 heterocycles. The van der Waals surface area contributed by atoms with Crippen molar-refractivity contribution in [3.05, 3.63) is 68.2 Å². The standard InChI is InChI=1S/C21H20Cl2N4O6/c1-13(28)26(11-14-2-3-15(22)10-18(14)23)21(8-9-25(12-21)20(30)31)19(29)24-16-4-6-17(7-5-16)27(32)33/h2-7,10H,8-9,11-12H2,1H3,(H,24,29)(H,30,31). The molecule has 1 atom stereocenters. The van der Waals surface area contributed by atoms with Gasteiger partial charge in [0.25, 0.3) is 11.6 Å². The van der Waals surface area contributed by atoms with Gasteiger partial charge in [-0.15, -0.1) is 0 Å². The second-order valence-electron chi connectivity index (χ2n) is 7.58. The third-order valence-corrected chi connectivity index (χ3v) is 6.10. The first-order valence-corrected chi connectivity index (χ1v) is 10.5. The first kappa shape index (κ1) is 24.3. The number of hydrogen-bond donors (Lipinski definition) is 2. The number of nitro groups is 1. The number of likely N-dealkylation sites (tertiary alicyclic amines) is 1. The van der Waals surface area contributed by atoms with E-state index in [4.69, 9.17) is 23.2 Å². The summed E-state index contributed by atoms with van der Waals surface area (Å²) in [6, 6.07) is 9.94. The summed E-state index contributed by atoms with van der Waals surface area (Å²) in [6.07, 6.45) is -1.16. The molecule has 3 rings (SSSR count). The molecule has 174 valence electrons. The molecular formula is C21H20Cl2N4O6. The predicted molar refractivity (Wildman–Crippen MR) is 121 cm³/mol. The highest BCUT2D eigenvalue weighted by Crippen LogP contribution is 2.33. The van der Waals surface area contributed by atoms with Gasteiger partial charge in [0.1, 0.15) is 5.54 Å². The highest BCUT2D eigenvalue weighted by Gasteiger charge is 2.51. The Balaban J connectivity index is 1.97. The molecule has 0 radical (unpaired) electrons. The van der Waals surface area contributed by atoms with Crippen molar-refractivity contribution in [3.8, 4) is 0 Å². The minimum absolute atomic E-state index is 0.0428. The van der Waals surface area contributed by atoms with Crippen molar-refractivity contribution in [1.29, 1.82) is 0 Å². The fourth-order valence-corrected chi connectivity index (χ4v) is 4.25.